The third-order valence-corrected chi connectivity index (χ3v) is 12.6. The quantitative estimate of drug-likeness (QED) is 0.176. The van der Waals surface area contributed by atoms with Crippen LogP contribution in [0.25, 0.3) is 67.3 Å². The molecule has 0 fully saturated rings. The highest BCUT2D eigenvalue weighted by Gasteiger charge is 2.53. The smallest absolute Gasteiger partial charge is 0.160 e. The van der Waals surface area contributed by atoms with Gasteiger partial charge in [0.15, 0.2) is 5.82 Å². The summed E-state index contributed by atoms with van der Waals surface area (Å²) in [6.07, 6.45) is 0. The minimum absolute atomic E-state index is 0.116. The summed E-state index contributed by atoms with van der Waals surface area (Å²) in [6, 6.07) is 74.9. The second kappa shape index (κ2) is 13.2. The van der Waals surface area contributed by atoms with Gasteiger partial charge in [-0.2, -0.15) is 0 Å². The van der Waals surface area contributed by atoms with Crippen LogP contribution in [0.2, 0.25) is 0 Å². The molecule has 0 bridgehead atoms. The Balaban J connectivity index is 1.02. The highest BCUT2D eigenvalue weighted by atomic mass is 14.9. The van der Waals surface area contributed by atoms with Crippen LogP contribution in [0.15, 0.2) is 206 Å². The molecule has 11 rings (SSSR count). The van der Waals surface area contributed by atoms with Gasteiger partial charge >= 0.3 is 0 Å². The molecule has 9 aromatic rings. The Morgan fingerprint density at radius 3 is 1.28 bits per heavy atom. The molecule has 0 aliphatic heterocycles. The van der Waals surface area contributed by atoms with Gasteiger partial charge < -0.3 is 0 Å². The molecule has 8 aromatic carbocycles. The summed E-state index contributed by atoms with van der Waals surface area (Å²) in [6.45, 7) is 4.75. The molecule has 1 heterocycles. The minimum Gasteiger partial charge on any atom is -0.228 e. The van der Waals surface area contributed by atoms with Crippen LogP contribution in [0.5, 0.6) is 0 Å². The summed E-state index contributed by atoms with van der Waals surface area (Å²) in [5.41, 5.74) is 19.9. The summed E-state index contributed by atoms with van der Waals surface area (Å²) in [5.74, 6) is 0.707. The van der Waals surface area contributed by atoms with E-state index in [1.165, 1.54) is 55.6 Å². The van der Waals surface area contributed by atoms with Crippen LogP contribution < -0.4 is 0 Å². The average molecular weight is 741 g/mol. The first-order valence-electron chi connectivity index (χ1n) is 20.2. The van der Waals surface area contributed by atoms with Crippen LogP contribution in [-0.2, 0) is 10.8 Å². The predicted octanol–water partition coefficient (Wildman–Crippen LogP) is 13.8. The molecule has 274 valence electrons. The third-order valence-electron chi connectivity index (χ3n) is 12.6. The molecule has 2 aliphatic rings. The van der Waals surface area contributed by atoms with Crippen LogP contribution in [-0.4, -0.2) is 9.97 Å². The van der Waals surface area contributed by atoms with Crippen molar-refractivity contribution in [2.24, 2.45) is 0 Å². The fraction of sp³-hybridized carbons (Fsp3) is 0.0714. The van der Waals surface area contributed by atoms with Gasteiger partial charge in [-0.15, -0.1) is 0 Å². The van der Waals surface area contributed by atoms with Crippen LogP contribution >= 0.6 is 0 Å². The van der Waals surface area contributed by atoms with Gasteiger partial charge in [-0.25, -0.2) is 9.97 Å². The molecule has 2 nitrogen and oxygen atoms in total. The van der Waals surface area contributed by atoms with E-state index in [1.807, 2.05) is 12.1 Å². The predicted molar refractivity (Wildman–Crippen MR) is 239 cm³/mol. The van der Waals surface area contributed by atoms with Crippen molar-refractivity contribution in [3.05, 3.63) is 240 Å². The Bertz CT molecular complexity index is 2920. The lowest BCUT2D eigenvalue weighted by Gasteiger charge is -2.46. The fourth-order valence-electron chi connectivity index (χ4n) is 9.85. The molecule has 1 aromatic heterocycles. The molecular formula is C56H40N2. The molecule has 1 spiro atoms. The average Bonchev–Trinajstić information content (AvgIpc) is 3.59. The Morgan fingerprint density at radius 1 is 0.293 bits per heavy atom. The lowest BCUT2D eigenvalue weighted by Crippen LogP contribution is -2.40. The van der Waals surface area contributed by atoms with Crippen molar-refractivity contribution < 1.29 is 0 Å². The summed E-state index contributed by atoms with van der Waals surface area (Å²) in [5, 5.41) is 0. The monoisotopic (exact) mass is 740 g/mol. The van der Waals surface area contributed by atoms with Gasteiger partial charge in [0.1, 0.15) is 0 Å². The van der Waals surface area contributed by atoms with Gasteiger partial charge in [0.25, 0.3) is 0 Å². The summed E-state index contributed by atoms with van der Waals surface area (Å²) >= 11 is 0. The van der Waals surface area contributed by atoms with E-state index in [0.29, 0.717) is 5.82 Å². The fourth-order valence-corrected chi connectivity index (χ4v) is 9.85. The molecule has 0 saturated heterocycles. The number of nitrogens with zero attached hydrogens (tertiary/aromatic N) is 2. The largest absolute Gasteiger partial charge is 0.228 e. The van der Waals surface area contributed by atoms with Gasteiger partial charge in [0, 0.05) is 22.1 Å². The summed E-state index contributed by atoms with van der Waals surface area (Å²) in [4.78, 5) is 10.2. The first kappa shape index (κ1) is 34.1. The van der Waals surface area contributed by atoms with E-state index in [0.717, 1.165) is 39.2 Å². The molecule has 2 heteroatoms. The number of benzene rings is 8. The standard InChI is InChI=1S/C56H40N2/c1-55(2)48-27-11-13-29-50(48)56(51-30-14-12-28-49(51)55)46-26-10-9-25-44(46)45-35-42(31-32-47(45)56)40-22-15-21-39(33-40)41-23-16-24-43(34-41)54-57-52(37-17-5-3-6-18-37)36-53(58-54)38-19-7-4-8-20-38/h3-36H,1-2H3. The lowest BCUT2D eigenvalue weighted by atomic mass is 9.55. The van der Waals surface area contributed by atoms with E-state index in [2.05, 4.69) is 208 Å². The zero-order chi connectivity index (χ0) is 38.8. The second-order valence-corrected chi connectivity index (χ2v) is 16.1. The molecule has 0 atom stereocenters. The SMILES string of the molecule is CC1(C)c2ccccc2C2(c3ccccc3-c3cc(-c4cccc(-c5cccc(-c6nc(-c7ccccc7)cc(-c7ccccc7)n6)c5)c4)ccc32)c2ccccc21. The summed E-state index contributed by atoms with van der Waals surface area (Å²) < 4.78 is 0. The van der Waals surface area contributed by atoms with E-state index in [9.17, 15) is 0 Å². The first-order valence-corrected chi connectivity index (χ1v) is 20.2. The number of hydrogen-bond acceptors (Lipinski definition) is 2. The van der Waals surface area contributed by atoms with Crippen LogP contribution in [0.4, 0.5) is 0 Å². The van der Waals surface area contributed by atoms with Crippen LogP contribution in [0.1, 0.15) is 47.2 Å². The van der Waals surface area contributed by atoms with E-state index in [-0.39, 0.29) is 5.41 Å². The van der Waals surface area contributed by atoms with Crippen molar-refractivity contribution in [1.29, 1.82) is 0 Å². The van der Waals surface area contributed by atoms with Crippen molar-refractivity contribution in [3.8, 4) is 67.3 Å². The second-order valence-electron chi connectivity index (χ2n) is 16.1. The van der Waals surface area contributed by atoms with Crippen molar-refractivity contribution in [2.45, 2.75) is 24.7 Å². The first-order chi connectivity index (χ1) is 28.5. The number of hydrogen-bond donors (Lipinski definition) is 0. The third kappa shape index (κ3) is 5.18. The molecule has 0 amide bonds. The van der Waals surface area contributed by atoms with Gasteiger partial charge in [-0.05, 0) is 91.0 Å². The highest BCUT2D eigenvalue weighted by Crippen LogP contribution is 2.62. The maximum absolute atomic E-state index is 5.11. The molecule has 0 unspecified atom stereocenters. The topological polar surface area (TPSA) is 25.8 Å². The normalized spacial score (nSPS) is 14.0. The Kier molecular flexibility index (Phi) is 7.78. The summed E-state index contributed by atoms with van der Waals surface area (Å²) in [7, 11) is 0. The van der Waals surface area contributed by atoms with Crippen LogP contribution in [0, 0.1) is 0 Å². The van der Waals surface area contributed by atoms with E-state index < -0.39 is 5.41 Å². The van der Waals surface area contributed by atoms with Gasteiger partial charge in [0.2, 0.25) is 0 Å². The number of aromatic nitrogens is 2. The maximum Gasteiger partial charge on any atom is 0.160 e. The number of fused-ring (bicyclic) bond motifs is 9. The van der Waals surface area contributed by atoms with E-state index in [4.69, 9.17) is 9.97 Å². The molecule has 2 aliphatic carbocycles. The van der Waals surface area contributed by atoms with Gasteiger partial charge in [-0.1, -0.05) is 196 Å². The Labute approximate surface area is 340 Å². The zero-order valence-electron chi connectivity index (χ0n) is 32.5. The molecule has 0 saturated carbocycles. The molecule has 0 radical (unpaired) electrons. The molecule has 58 heavy (non-hydrogen) atoms. The minimum atomic E-state index is -0.393. The zero-order valence-corrected chi connectivity index (χ0v) is 32.5. The Morgan fingerprint density at radius 2 is 0.707 bits per heavy atom. The van der Waals surface area contributed by atoms with Crippen molar-refractivity contribution in [2.75, 3.05) is 0 Å². The van der Waals surface area contributed by atoms with Crippen molar-refractivity contribution >= 4 is 0 Å². The highest BCUT2D eigenvalue weighted by molar-refractivity contribution is 5.91. The molecule has 0 N–H and O–H groups in total. The van der Waals surface area contributed by atoms with Crippen LogP contribution in [0.3, 0.4) is 0 Å². The van der Waals surface area contributed by atoms with E-state index >= 15 is 0 Å². The Hall–Kier alpha value is -7.16. The maximum atomic E-state index is 5.11. The molecular weight excluding hydrogens is 701 g/mol. The lowest BCUT2D eigenvalue weighted by molar-refractivity contribution is 0.563. The van der Waals surface area contributed by atoms with Crippen molar-refractivity contribution in [3.63, 3.8) is 0 Å². The van der Waals surface area contributed by atoms with E-state index in [1.54, 1.807) is 0 Å². The van der Waals surface area contributed by atoms with Gasteiger partial charge in [-0.3, -0.25) is 0 Å². The van der Waals surface area contributed by atoms with Crippen molar-refractivity contribution in [1.82, 2.24) is 9.97 Å². The number of rotatable bonds is 5. The van der Waals surface area contributed by atoms with Gasteiger partial charge in [0.05, 0.1) is 16.8 Å².